The normalized spacial score (nSPS) is 28.7. The summed E-state index contributed by atoms with van der Waals surface area (Å²) >= 11 is 12.8. The first-order chi connectivity index (χ1) is 13.8. The molecule has 29 heavy (non-hydrogen) atoms. The van der Waals surface area contributed by atoms with Gasteiger partial charge >= 0.3 is 0 Å². The minimum absolute atomic E-state index is 0.174. The Hall–Kier alpha value is -1.31. The summed E-state index contributed by atoms with van der Waals surface area (Å²) in [5.74, 6) is 0.638. The van der Waals surface area contributed by atoms with Gasteiger partial charge in [-0.3, -0.25) is 4.90 Å². The summed E-state index contributed by atoms with van der Waals surface area (Å²) in [7, 11) is -3.24. The van der Waals surface area contributed by atoms with Crippen molar-refractivity contribution in [3.05, 3.63) is 57.6 Å². The molecule has 4 atom stereocenters. The molecule has 3 aliphatic rings. The van der Waals surface area contributed by atoms with E-state index < -0.39 is 9.84 Å². The zero-order valence-electron chi connectivity index (χ0n) is 15.9. The van der Waals surface area contributed by atoms with Gasteiger partial charge in [-0.15, -0.1) is 0 Å². The quantitative estimate of drug-likeness (QED) is 0.768. The fraction of sp³-hybridized carbons (Fsp3) is 0.429. The minimum Gasteiger partial charge on any atom is -0.484 e. The third kappa shape index (κ3) is 3.55. The van der Waals surface area contributed by atoms with E-state index in [4.69, 9.17) is 27.9 Å². The van der Waals surface area contributed by atoms with Gasteiger partial charge in [-0.25, -0.2) is 8.42 Å². The van der Waals surface area contributed by atoms with Gasteiger partial charge in [0.2, 0.25) is 0 Å². The Balaban J connectivity index is 1.49. The van der Waals surface area contributed by atoms with Crippen molar-refractivity contribution < 1.29 is 13.2 Å². The molecule has 2 aliphatic heterocycles. The first-order valence-corrected chi connectivity index (χ1v) is 12.4. The summed E-state index contributed by atoms with van der Waals surface area (Å²) in [6.45, 7) is 2.00. The first kappa shape index (κ1) is 19.6. The Kier molecular flexibility index (Phi) is 4.83. The second-order valence-electron chi connectivity index (χ2n) is 8.20. The number of nitrogens with zero attached hydrogens (tertiary/aromatic N) is 1. The predicted molar refractivity (Wildman–Crippen MR) is 114 cm³/mol. The molecule has 1 aliphatic carbocycles. The molecule has 0 amide bonds. The number of sulfone groups is 1. The fourth-order valence-corrected chi connectivity index (χ4v) is 6.18. The number of nitrogens with one attached hydrogen (secondary N) is 1. The fourth-order valence-electron chi connectivity index (χ4n) is 4.96. The van der Waals surface area contributed by atoms with Crippen LogP contribution in [-0.4, -0.2) is 50.8 Å². The Labute approximate surface area is 180 Å². The van der Waals surface area contributed by atoms with Crippen molar-refractivity contribution in [2.45, 2.75) is 42.0 Å². The molecule has 0 spiro atoms. The van der Waals surface area contributed by atoms with Gasteiger partial charge in [0, 0.05) is 47.0 Å². The third-order valence-corrected chi connectivity index (χ3v) is 7.99. The molecule has 5 rings (SSSR count). The van der Waals surface area contributed by atoms with Gasteiger partial charge in [0.15, 0.2) is 9.84 Å². The minimum atomic E-state index is -3.24. The SMILES string of the molecule is CS(=O)(=O)c1ccc(O[C@H]2c3cc(Cl)cc(Cl)c3C[C@@H]2N2CC3CC2CN3)cc1. The van der Waals surface area contributed by atoms with E-state index in [1.807, 2.05) is 6.07 Å². The molecule has 2 unspecified atom stereocenters. The van der Waals surface area contributed by atoms with Crippen LogP contribution in [-0.2, 0) is 16.3 Å². The highest BCUT2D eigenvalue weighted by molar-refractivity contribution is 7.90. The lowest BCUT2D eigenvalue weighted by molar-refractivity contribution is 0.0614. The zero-order valence-corrected chi connectivity index (χ0v) is 18.3. The maximum absolute atomic E-state index is 11.7. The Morgan fingerprint density at radius 3 is 2.55 bits per heavy atom. The van der Waals surface area contributed by atoms with Gasteiger partial charge in [-0.1, -0.05) is 23.2 Å². The highest BCUT2D eigenvalue weighted by Gasteiger charge is 2.47. The maximum Gasteiger partial charge on any atom is 0.175 e. The summed E-state index contributed by atoms with van der Waals surface area (Å²) in [6, 6.07) is 11.6. The Morgan fingerprint density at radius 2 is 1.93 bits per heavy atom. The van der Waals surface area contributed by atoms with Crippen LogP contribution in [0, 0.1) is 0 Å². The smallest absolute Gasteiger partial charge is 0.175 e. The molecule has 2 fully saturated rings. The highest BCUT2D eigenvalue weighted by atomic mass is 35.5. The number of piperazine rings is 1. The molecule has 2 aromatic carbocycles. The van der Waals surface area contributed by atoms with E-state index in [0.717, 1.165) is 37.1 Å². The zero-order chi connectivity index (χ0) is 20.3. The lowest BCUT2D eigenvalue weighted by Crippen LogP contribution is -2.50. The number of likely N-dealkylation sites (tertiary alicyclic amines) is 1. The number of hydrogen-bond donors (Lipinski definition) is 1. The first-order valence-electron chi connectivity index (χ1n) is 9.73. The van der Waals surface area contributed by atoms with Crippen LogP contribution in [0.1, 0.15) is 23.7 Å². The van der Waals surface area contributed by atoms with E-state index in [9.17, 15) is 8.42 Å². The lowest BCUT2D eigenvalue weighted by Gasteiger charge is -2.36. The lowest BCUT2D eigenvalue weighted by atomic mass is 10.1. The van der Waals surface area contributed by atoms with Crippen LogP contribution in [0.2, 0.25) is 10.0 Å². The summed E-state index contributed by atoms with van der Waals surface area (Å²) < 4.78 is 29.9. The third-order valence-electron chi connectivity index (χ3n) is 6.30. The van der Waals surface area contributed by atoms with Crippen LogP contribution in [0.15, 0.2) is 41.3 Å². The van der Waals surface area contributed by atoms with Crippen LogP contribution >= 0.6 is 23.2 Å². The second-order valence-corrected chi connectivity index (χ2v) is 11.1. The van der Waals surface area contributed by atoms with Crippen molar-refractivity contribution in [3.8, 4) is 5.75 Å². The molecule has 5 nitrogen and oxygen atoms in total. The number of hydrogen-bond acceptors (Lipinski definition) is 5. The summed E-state index contributed by atoms with van der Waals surface area (Å²) in [6.07, 6.45) is 2.98. The monoisotopic (exact) mass is 452 g/mol. The molecular formula is C21H22Cl2N2O3S. The molecular weight excluding hydrogens is 431 g/mol. The Bertz CT molecular complexity index is 1060. The van der Waals surface area contributed by atoms with E-state index in [1.54, 1.807) is 30.3 Å². The van der Waals surface area contributed by atoms with E-state index in [0.29, 0.717) is 27.9 Å². The average molecular weight is 453 g/mol. The molecule has 2 heterocycles. The van der Waals surface area contributed by atoms with Crippen LogP contribution in [0.4, 0.5) is 0 Å². The number of fused-ring (bicyclic) bond motifs is 3. The van der Waals surface area contributed by atoms with Gasteiger partial charge in [-0.05, 0) is 54.8 Å². The van der Waals surface area contributed by atoms with Gasteiger partial charge in [0.1, 0.15) is 11.9 Å². The van der Waals surface area contributed by atoms with Crippen LogP contribution in [0.3, 0.4) is 0 Å². The summed E-state index contributed by atoms with van der Waals surface area (Å²) in [4.78, 5) is 2.82. The molecule has 1 N–H and O–H groups in total. The Morgan fingerprint density at radius 1 is 1.17 bits per heavy atom. The summed E-state index contributed by atoms with van der Waals surface area (Å²) in [5.41, 5.74) is 2.12. The molecule has 2 saturated heterocycles. The second kappa shape index (κ2) is 7.13. The van der Waals surface area contributed by atoms with E-state index in [1.165, 1.54) is 6.26 Å². The molecule has 154 valence electrons. The topological polar surface area (TPSA) is 58.6 Å². The van der Waals surface area contributed by atoms with Crippen molar-refractivity contribution >= 4 is 33.0 Å². The molecule has 2 aromatic rings. The number of ether oxygens (including phenoxy) is 1. The standard InChI is InChI=1S/C21H22Cl2N2O3S/c1-29(26,27)16-4-2-15(3-5-16)28-21-18-6-12(22)7-19(23)17(18)9-20(21)25-11-13-8-14(25)10-24-13/h2-7,13-14,20-21,24H,8-11H2,1H3/t13?,14?,20-,21-/m0/s1. The molecule has 8 heteroatoms. The van der Waals surface area contributed by atoms with Crippen molar-refractivity contribution in [3.63, 3.8) is 0 Å². The van der Waals surface area contributed by atoms with Crippen molar-refractivity contribution in [2.75, 3.05) is 19.3 Å². The van der Waals surface area contributed by atoms with Crippen LogP contribution < -0.4 is 10.1 Å². The number of benzene rings is 2. The molecule has 0 radical (unpaired) electrons. The van der Waals surface area contributed by atoms with Gasteiger partial charge in [0.25, 0.3) is 0 Å². The van der Waals surface area contributed by atoms with Crippen molar-refractivity contribution in [2.24, 2.45) is 0 Å². The van der Waals surface area contributed by atoms with E-state index in [-0.39, 0.29) is 17.0 Å². The van der Waals surface area contributed by atoms with Gasteiger partial charge < -0.3 is 10.1 Å². The van der Waals surface area contributed by atoms with E-state index in [2.05, 4.69) is 10.2 Å². The highest BCUT2D eigenvalue weighted by Crippen LogP contribution is 2.44. The largest absolute Gasteiger partial charge is 0.484 e. The van der Waals surface area contributed by atoms with Gasteiger partial charge in [-0.2, -0.15) is 0 Å². The van der Waals surface area contributed by atoms with Gasteiger partial charge in [0.05, 0.1) is 10.9 Å². The number of halogens is 2. The molecule has 0 aromatic heterocycles. The van der Waals surface area contributed by atoms with Crippen LogP contribution in [0.5, 0.6) is 5.75 Å². The van der Waals surface area contributed by atoms with Crippen LogP contribution in [0.25, 0.3) is 0 Å². The predicted octanol–water partition coefficient (Wildman–Crippen LogP) is 3.49. The average Bonchev–Trinajstić information content (AvgIpc) is 3.36. The van der Waals surface area contributed by atoms with Crippen molar-refractivity contribution in [1.29, 1.82) is 0 Å². The maximum atomic E-state index is 11.7. The summed E-state index contributed by atoms with van der Waals surface area (Å²) in [5, 5.41) is 4.83. The van der Waals surface area contributed by atoms with E-state index >= 15 is 0 Å². The molecule has 0 saturated carbocycles. The molecule has 2 bridgehead atoms. The van der Waals surface area contributed by atoms with Crippen molar-refractivity contribution in [1.82, 2.24) is 10.2 Å². The number of rotatable bonds is 4.